The maximum absolute atomic E-state index is 11.8. The fourth-order valence-corrected chi connectivity index (χ4v) is 4.49. The van der Waals surface area contributed by atoms with E-state index >= 15 is 0 Å². The highest BCUT2D eigenvalue weighted by Crippen LogP contribution is 2.32. The Kier molecular flexibility index (Phi) is 4.68. The second-order valence-electron chi connectivity index (χ2n) is 6.86. The van der Waals surface area contributed by atoms with Crippen molar-refractivity contribution < 1.29 is 13.5 Å². The van der Waals surface area contributed by atoms with Crippen molar-refractivity contribution >= 4 is 26.8 Å². The minimum Gasteiger partial charge on any atom is -0.395 e. The molecule has 0 atom stereocenters. The second-order valence-corrected chi connectivity index (χ2v) is 8.79. The molecule has 3 aromatic rings. The zero-order valence-corrected chi connectivity index (χ0v) is 15.3. The van der Waals surface area contributed by atoms with Gasteiger partial charge in [0.25, 0.3) is 0 Å². The van der Waals surface area contributed by atoms with Gasteiger partial charge in [-0.25, -0.2) is 23.1 Å². The van der Waals surface area contributed by atoms with Gasteiger partial charge in [0, 0.05) is 30.4 Å². The topological polar surface area (TPSA) is 112 Å². The van der Waals surface area contributed by atoms with Gasteiger partial charge >= 0.3 is 0 Å². The highest BCUT2D eigenvalue weighted by molar-refractivity contribution is 7.89. The van der Waals surface area contributed by atoms with E-state index in [9.17, 15) is 8.42 Å². The Morgan fingerprint density at radius 2 is 2.12 bits per heavy atom. The molecule has 3 heterocycles. The molecule has 0 bridgehead atoms. The first kappa shape index (κ1) is 17.4. The van der Waals surface area contributed by atoms with Gasteiger partial charge < -0.3 is 10.1 Å². The van der Waals surface area contributed by atoms with Gasteiger partial charge in [-0.15, -0.1) is 0 Å². The largest absolute Gasteiger partial charge is 0.395 e. The summed E-state index contributed by atoms with van der Waals surface area (Å²) in [5, 5.41) is 8.85. The van der Waals surface area contributed by atoms with Crippen LogP contribution in [0, 0.1) is 0 Å². The van der Waals surface area contributed by atoms with Gasteiger partial charge in [-0.05, 0) is 12.8 Å². The van der Waals surface area contributed by atoms with Crippen LogP contribution in [0.4, 0.5) is 0 Å². The number of sulfonamides is 1. The summed E-state index contributed by atoms with van der Waals surface area (Å²) in [4.78, 5) is 12.3. The van der Waals surface area contributed by atoms with E-state index < -0.39 is 16.6 Å². The number of rotatable bonds is 6. The van der Waals surface area contributed by atoms with Crippen molar-refractivity contribution in [2.75, 3.05) is 12.4 Å². The molecule has 1 aliphatic carbocycles. The first-order chi connectivity index (χ1) is 12.6. The molecule has 9 heteroatoms. The smallest absolute Gasteiger partial charge is 0.214 e. The lowest BCUT2D eigenvalue weighted by Gasteiger charge is -2.19. The van der Waals surface area contributed by atoms with Crippen LogP contribution >= 0.6 is 0 Å². The number of imidazole rings is 1. The highest BCUT2D eigenvalue weighted by Gasteiger charge is 2.20. The number of nitrogens with zero attached hydrogens (tertiary/aromatic N) is 3. The van der Waals surface area contributed by atoms with Crippen LogP contribution < -0.4 is 4.72 Å². The number of aromatic amines is 1. The van der Waals surface area contributed by atoms with E-state index in [1.54, 1.807) is 12.4 Å². The van der Waals surface area contributed by atoms with Gasteiger partial charge in [0.2, 0.25) is 10.0 Å². The molecule has 0 unspecified atom stereocenters. The minimum absolute atomic E-state index is 0.139. The summed E-state index contributed by atoms with van der Waals surface area (Å²) in [6.07, 6.45) is 11.7. The van der Waals surface area contributed by atoms with Crippen molar-refractivity contribution in [2.45, 2.75) is 44.6 Å². The van der Waals surface area contributed by atoms with E-state index in [4.69, 9.17) is 10.1 Å². The molecule has 0 spiro atoms. The lowest BCUT2D eigenvalue weighted by Crippen LogP contribution is -2.27. The molecule has 4 rings (SSSR count). The van der Waals surface area contributed by atoms with E-state index in [0.29, 0.717) is 11.6 Å². The monoisotopic (exact) mass is 377 g/mol. The van der Waals surface area contributed by atoms with Crippen LogP contribution in [0.2, 0.25) is 0 Å². The molecule has 1 saturated carbocycles. The maximum Gasteiger partial charge on any atom is 0.214 e. The van der Waals surface area contributed by atoms with Crippen LogP contribution in [-0.2, 0) is 16.6 Å². The second kappa shape index (κ2) is 6.98. The van der Waals surface area contributed by atoms with Gasteiger partial charge in [-0.3, -0.25) is 4.40 Å². The first-order valence-corrected chi connectivity index (χ1v) is 10.6. The Hall–Kier alpha value is -1.97. The van der Waals surface area contributed by atoms with Crippen molar-refractivity contribution in [3.05, 3.63) is 29.8 Å². The Morgan fingerprint density at radius 1 is 1.31 bits per heavy atom. The van der Waals surface area contributed by atoms with Crippen LogP contribution in [0.3, 0.4) is 0 Å². The fourth-order valence-electron chi connectivity index (χ4n) is 3.73. The SMILES string of the molecule is O=S(=O)(CCO)NCc1c[nH]c2ncc3nc(C4CCCCC4)cn3c12. The molecular formula is C17H23N5O3S. The molecule has 0 radical (unpaired) electrons. The number of hydrogen-bond donors (Lipinski definition) is 3. The molecule has 3 aromatic heterocycles. The zero-order chi connectivity index (χ0) is 18.1. The molecule has 0 aromatic carbocycles. The molecule has 1 aliphatic rings. The summed E-state index contributed by atoms with van der Waals surface area (Å²) < 4.78 is 28.2. The van der Waals surface area contributed by atoms with Gasteiger partial charge in [-0.1, -0.05) is 19.3 Å². The fraction of sp³-hybridized carbons (Fsp3) is 0.529. The predicted octanol–water partition coefficient (Wildman–Crippen LogP) is 1.67. The Morgan fingerprint density at radius 3 is 2.88 bits per heavy atom. The van der Waals surface area contributed by atoms with E-state index in [0.717, 1.165) is 22.4 Å². The van der Waals surface area contributed by atoms with Gasteiger partial charge in [0.1, 0.15) is 0 Å². The molecule has 0 saturated heterocycles. The predicted molar refractivity (Wildman–Crippen MR) is 98.4 cm³/mol. The number of hydrogen-bond acceptors (Lipinski definition) is 5. The standard InChI is InChI=1S/C17H23N5O3S/c23-6-7-26(24,25)20-9-13-8-18-17-16(13)22-11-14(21-15(22)10-19-17)12-4-2-1-3-5-12/h8,10-12,18,20,23H,1-7,9H2. The first-order valence-electron chi connectivity index (χ1n) is 8.99. The maximum atomic E-state index is 11.8. The Balaban J connectivity index is 1.69. The number of fused-ring (bicyclic) bond motifs is 3. The normalized spacial score (nSPS) is 16.7. The molecule has 8 nitrogen and oxygen atoms in total. The number of aliphatic hydroxyl groups is 1. The van der Waals surface area contributed by atoms with Crippen LogP contribution in [-0.4, -0.2) is 45.2 Å². The molecule has 0 aliphatic heterocycles. The zero-order valence-electron chi connectivity index (χ0n) is 14.5. The molecule has 1 fully saturated rings. The van der Waals surface area contributed by atoms with Crippen LogP contribution in [0.15, 0.2) is 18.6 Å². The average Bonchev–Trinajstić information content (AvgIpc) is 3.24. The molecule has 0 amide bonds. The van der Waals surface area contributed by atoms with E-state index in [1.807, 2.05) is 4.40 Å². The van der Waals surface area contributed by atoms with Gasteiger partial charge in [0.15, 0.2) is 11.3 Å². The van der Waals surface area contributed by atoms with Crippen LogP contribution in [0.1, 0.15) is 49.3 Å². The van der Waals surface area contributed by atoms with Crippen LogP contribution in [0.5, 0.6) is 0 Å². The number of aliphatic hydroxyl groups excluding tert-OH is 1. The lowest BCUT2D eigenvalue weighted by molar-refractivity contribution is 0.319. The third-order valence-electron chi connectivity index (χ3n) is 5.08. The summed E-state index contributed by atoms with van der Waals surface area (Å²) in [5.41, 5.74) is 4.20. The summed E-state index contributed by atoms with van der Waals surface area (Å²) in [5.74, 6) is 0.184. The summed E-state index contributed by atoms with van der Waals surface area (Å²) in [6, 6.07) is 0. The quantitative estimate of drug-likeness (QED) is 0.605. The van der Waals surface area contributed by atoms with Crippen molar-refractivity contribution in [1.82, 2.24) is 24.1 Å². The van der Waals surface area contributed by atoms with Crippen LogP contribution in [0.25, 0.3) is 16.8 Å². The molecule has 140 valence electrons. The minimum atomic E-state index is -3.50. The summed E-state index contributed by atoms with van der Waals surface area (Å²) in [6.45, 7) is -0.263. The number of H-pyrrole nitrogens is 1. The molecule has 26 heavy (non-hydrogen) atoms. The third kappa shape index (κ3) is 3.34. The average molecular weight is 377 g/mol. The van der Waals surface area contributed by atoms with Crippen molar-refractivity contribution in [3.8, 4) is 0 Å². The number of aromatic nitrogens is 4. The Bertz CT molecular complexity index is 1020. The van der Waals surface area contributed by atoms with E-state index in [1.165, 1.54) is 32.1 Å². The highest BCUT2D eigenvalue weighted by atomic mass is 32.2. The lowest BCUT2D eigenvalue weighted by atomic mass is 9.87. The van der Waals surface area contributed by atoms with E-state index in [2.05, 4.69) is 20.9 Å². The summed E-state index contributed by atoms with van der Waals surface area (Å²) in [7, 11) is -3.50. The van der Waals surface area contributed by atoms with Crippen molar-refractivity contribution in [3.63, 3.8) is 0 Å². The molecule has 3 N–H and O–H groups in total. The van der Waals surface area contributed by atoms with E-state index in [-0.39, 0.29) is 12.3 Å². The molecular weight excluding hydrogens is 354 g/mol. The third-order valence-corrected chi connectivity index (χ3v) is 6.38. The summed E-state index contributed by atoms with van der Waals surface area (Å²) >= 11 is 0. The van der Waals surface area contributed by atoms with Crippen molar-refractivity contribution in [2.24, 2.45) is 0 Å². The number of nitrogens with one attached hydrogen (secondary N) is 2. The van der Waals surface area contributed by atoms with Gasteiger partial charge in [0.05, 0.1) is 29.8 Å². The Labute approximate surface area is 151 Å². The van der Waals surface area contributed by atoms with Crippen molar-refractivity contribution in [1.29, 1.82) is 0 Å². The van der Waals surface area contributed by atoms with Gasteiger partial charge in [-0.2, -0.15) is 0 Å².